The van der Waals surface area contributed by atoms with E-state index in [1.54, 1.807) is 0 Å². The van der Waals surface area contributed by atoms with Gasteiger partial charge in [0.1, 0.15) is 0 Å². The summed E-state index contributed by atoms with van der Waals surface area (Å²) in [6.07, 6.45) is 0. The zero-order chi connectivity index (χ0) is 10.9. The number of esters is 2. The highest BCUT2D eigenvalue weighted by atomic mass is 16.5. The molecule has 1 saturated heterocycles. The van der Waals surface area contributed by atoms with E-state index in [1.165, 1.54) is 21.1 Å². The van der Waals surface area contributed by atoms with E-state index in [0.29, 0.717) is 0 Å². The van der Waals surface area contributed by atoms with E-state index in [-0.39, 0.29) is 5.91 Å². The van der Waals surface area contributed by atoms with Gasteiger partial charge >= 0.3 is 11.9 Å². The van der Waals surface area contributed by atoms with Crippen LogP contribution in [0.2, 0.25) is 0 Å². The summed E-state index contributed by atoms with van der Waals surface area (Å²) in [7, 11) is 2.40. The minimum atomic E-state index is -0.815. The van der Waals surface area contributed by atoms with Crippen molar-refractivity contribution >= 4 is 17.8 Å². The lowest BCUT2D eigenvalue weighted by atomic mass is 10.3. The summed E-state index contributed by atoms with van der Waals surface area (Å²) >= 11 is 0. The van der Waals surface area contributed by atoms with Gasteiger partial charge in [-0.3, -0.25) is 4.79 Å². The maximum Gasteiger partial charge on any atom is 0.331 e. The smallest absolute Gasteiger partial charge is 0.331 e. The molecule has 0 unspecified atom stereocenters. The predicted octanol–water partition coefficient (Wildman–Crippen LogP) is -1.07. The number of amides is 1. The molecule has 1 aliphatic rings. The van der Waals surface area contributed by atoms with Gasteiger partial charge in [-0.05, 0) is 0 Å². The highest BCUT2D eigenvalue weighted by Crippen LogP contribution is 2.30. The number of methoxy groups -OCH3 is 2. The topological polar surface area (TPSA) is 72.7 Å². The number of ether oxygens (including phenoxy) is 2. The molecular weight excluding hydrogens is 190 g/mol. The fourth-order valence-corrected chi connectivity index (χ4v) is 1.35. The van der Waals surface area contributed by atoms with Gasteiger partial charge in [-0.1, -0.05) is 0 Å². The Balaban J connectivity index is 2.73. The molecule has 0 aliphatic carbocycles. The Morgan fingerprint density at radius 3 is 1.57 bits per heavy atom. The first-order chi connectivity index (χ1) is 6.54. The van der Waals surface area contributed by atoms with Crippen LogP contribution in [0, 0.1) is 0 Å². The van der Waals surface area contributed by atoms with Gasteiger partial charge in [-0.15, -0.1) is 0 Å². The lowest BCUT2D eigenvalue weighted by Crippen LogP contribution is -2.18. The minimum Gasteiger partial charge on any atom is -0.467 e. The molecule has 2 atom stereocenters. The molecule has 6 nitrogen and oxygen atoms in total. The number of carbonyl (C=O) groups excluding carboxylic acids is 3. The van der Waals surface area contributed by atoms with Crippen molar-refractivity contribution in [3.8, 4) is 0 Å². The third-order valence-corrected chi connectivity index (χ3v) is 2.06. The van der Waals surface area contributed by atoms with Gasteiger partial charge in [0.15, 0.2) is 12.1 Å². The van der Waals surface area contributed by atoms with Gasteiger partial charge in [0.2, 0.25) is 5.91 Å². The van der Waals surface area contributed by atoms with Gasteiger partial charge in [0.25, 0.3) is 0 Å². The molecule has 0 spiro atoms. The molecule has 0 radical (unpaired) electrons. The van der Waals surface area contributed by atoms with Crippen LogP contribution in [0.15, 0.2) is 0 Å². The first-order valence-electron chi connectivity index (χ1n) is 3.99. The van der Waals surface area contributed by atoms with Gasteiger partial charge in [0.05, 0.1) is 14.2 Å². The number of hydrogen-bond acceptors (Lipinski definition) is 5. The number of rotatable bonds is 2. The highest BCUT2D eigenvalue weighted by Gasteiger charge is 2.60. The summed E-state index contributed by atoms with van der Waals surface area (Å²) in [5.41, 5.74) is 0. The average Bonchev–Trinajstić information content (AvgIpc) is 2.90. The molecule has 6 heteroatoms. The molecule has 0 aromatic carbocycles. The van der Waals surface area contributed by atoms with Crippen molar-refractivity contribution in [2.75, 3.05) is 14.2 Å². The zero-order valence-corrected chi connectivity index (χ0v) is 8.14. The van der Waals surface area contributed by atoms with E-state index in [1.807, 2.05) is 0 Å². The fraction of sp³-hybridized carbons (Fsp3) is 0.625. The van der Waals surface area contributed by atoms with Crippen LogP contribution in [-0.2, 0) is 23.9 Å². The quantitative estimate of drug-likeness (QED) is 0.420. The normalized spacial score (nSPS) is 24.1. The third kappa shape index (κ3) is 1.55. The second-order valence-electron chi connectivity index (χ2n) is 2.86. The van der Waals surface area contributed by atoms with Crippen molar-refractivity contribution in [3.63, 3.8) is 0 Å². The molecule has 1 fully saturated rings. The molecule has 1 rings (SSSR count). The first-order valence-corrected chi connectivity index (χ1v) is 3.99. The van der Waals surface area contributed by atoms with Crippen LogP contribution in [0.4, 0.5) is 0 Å². The van der Waals surface area contributed by atoms with Gasteiger partial charge in [-0.25, -0.2) is 9.59 Å². The van der Waals surface area contributed by atoms with E-state index in [0.717, 1.165) is 4.90 Å². The molecule has 1 amide bonds. The lowest BCUT2D eigenvalue weighted by molar-refractivity contribution is -0.144. The first kappa shape index (κ1) is 10.5. The summed E-state index contributed by atoms with van der Waals surface area (Å²) in [5.74, 6) is -1.55. The van der Waals surface area contributed by atoms with Crippen molar-refractivity contribution in [1.29, 1.82) is 0 Å². The van der Waals surface area contributed by atoms with Gasteiger partial charge < -0.3 is 14.4 Å². The van der Waals surface area contributed by atoms with Crippen molar-refractivity contribution in [2.45, 2.75) is 19.0 Å². The molecule has 0 aromatic rings. The van der Waals surface area contributed by atoms with E-state index in [9.17, 15) is 14.4 Å². The molecule has 1 heterocycles. The largest absolute Gasteiger partial charge is 0.467 e. The maximum absolute atomic E-state index is 11.1. The Morgan fingerprint density at radius 2 is 1.36 bits per heavy atom. The highest BCUT2D eigenvalue weighted by molar-refractivity contribution is 6.00. The Bertz CT molecular complexity index is 265. The molecule has 0 saturated carbocycles. The second kappa shape index (κ2) is 3.65. The number of hydrogen-bond donors (Lipinski definition) is 0. The van der Waals surface area contributed by atoms with Crippen LogP contribution >= 0.6 is 0 Å². The Kier molecular flexibility index (Phi) is 2.73. The van der Waals surface area contributed by atoms with E-state index in [4.69, 9.17) is 0 Å². The summed E-state index contributed by atoms with van der Waals surface area (Å²) in [6.45, 7) is 1.28. The number of carbonyl (C=O) groups is 3. The fourth-order valence-electron chi connectivity index (χ4n) is 1.35. The third-order valence-electron chi connectivity index (χ3n) is 2.06. The molecule has 14 heavy (non-hydrogen) atoms. The van der Waals surface area contributed by atoms with Crippen LogP contribution in [0.1, 0.15) is 6.92 Å². The van der Waals surface area contributed by atoms with Crippen LogP contribution < -0.4 is 0 Å². The molecular formula is C8H11NO5. The minimum absolute atomic E-state index is 0.351. The van der Waals surface area contributed by atoms with Crippen LogP contribution in [-0.4, -0.2) is 49.0 Å². The van der Waals surface area contributed by atoms with Crippen LogP contribution in [0.3, 0.4) is 0 Å². The monoisotopic (exact) mass is 201 g/mol. The van der Waals surface area contributed by atoms with Gasteiger partial charge in [0, 0.05) is 6.92 Å². The Morgan fingerprint density at radius 1 is 1.00 bits per heavy atom. The molecule has 78 valence electrons. The number of nitrogens with zero attached hydrogens (tertiary/aromatic N) is 1. The van der Waals surface area contributed by atoms with E-state index < -0.39 is 24.0 Å². The zero-order valence-electron chi connectivity index (χ0n) is 8.14. The maximum atomic E-state index is 11.1. The SMILES string of the molecule is COC(=O)[C@H]1[C@H](C(=O)OC)N1C(C)=O. The molecule has 1 aliphatic heterocycles. The van der Waals surface area contributed by atoms with Crippen molar-refractivity contribution in [1.82, 2.24) is 4.90 Å². The summed E-state index contributed by atoms with van der Waals surface area (Å²) < 4.78 is 8.88. The van der Waals surface area contributed by atoms with E-state index >= 15 is 0 Å². The summed E-state index contributed by atoms with van der Waals surface area (Å²) in [6, 6.07) is -1.63. The van der Waals surface area contributed by atoms with Crippen molar-refractivity contribution in [3.05, 3.63) is 0 Å². The lowest BCUT2D eigenvalue weighted by Gasteiger charge is -1.96. The average molecular weight is 201 g/mol. The predicted molar refractivity (Wildman–Crippen MR) is 44.1 cm³/mol. The Labute approximate surface area is 80.8 Å². The van der Waals surface area contributed by atoms with Crippen LogP contribution in [0.25, 0.3) is 0 Å². The standard InChI is InChI=1S/C8H11NO5/c1-4(10)9-5(7(11)13-2)6(9)8(12)14-3/h5-6H,1-3H3/t5-,6-/m1/s1. The summed E-state index contributed by atoms with van der Waals surface area (Å²) in [5, 5.41) is 0. The van der Waals surface area contributed by atoms with Crippen molar-refractivity contribution < 1.29 is 23.9 Å². The van der Waals surface area contributed by atoms with E-state index in [2.05, 4.69) is 9.47 Å². The second-order valence-corrected chi connectivity index (χ2v) is 2.86. The molecule has 0 bridgehead atoms. The molecule has 0 aromatic heterocycles. The van der Waals surface area contributed by atoms with Gasteiger partial charge in [-0.2, -0.15) is 0 Å². The molecule has 0 N–H and O–H groups in total. The Hall–Kier alpha value is -1.59. The van der Waals surface area contributed by atoms with Crippen LogP contribution in [0.5, 0.6) is 0 Å². The summed E-state index contributed by atoms with van der Waals surface area (Å²) in [4.78, 5) is 34.3. The van der Waals surface area contributed by atoms with Crippen molar-refractivity contribution in [2.24, 2.45) is 0 Å².